The Hall–Kier alpha value is -2.84. The number of alkyl halides is 3. The molecule has 1 aromatic carbocycles. The van der Waals surface area contributed by atoms with Crippen molar-refractivity contribution in [2.45, 2.75) is 19.1 Å². The highest BCUT2D eigenvalue weighted by molar-refractivity contribution is 5.76. The molecule has 1 saturated heterocycles. The Morgan fingerprint density at radius 2 is 1.70 bits per heavy atom. The molecule has 2 aromatic rings. The van der Waals surface area contributed by atoms with E-state index in [1.165, 1.54) is 12.1 Å². The van der Waals surface area contributed by atoms with Crippen LogP contribution in [-0.4, -0.2) is 53.0 Å². The zero-order valence-electron chi connectivity index (χ0n) is 14.6. The fraction of sp³-hybridized carbons (Fsp3) is 0.389. The van der Waals surface area contributed by atoms with Crippen LogP contribution in [-0.2, 0) is 11.0 Å². The number of aromatic nitrogens is 2. The first kappa shape index (κ1) is 17.6. The maximum atomic E-state index is 12.9. The smallest absolute Gasteiger partial charge is 0.345 e. The summed E-state index contributed by atoms with van der Waals surface area (Å²) in [5, 5.41) is 0. The lowest BCUT2D eigenvalue weighted by Crippen LogP contribution is -2.60. The number of carbonyl (C=O) groups excluding carboxylic acids is 1. The van der Waals surface area contributed by atoms with Crippen LogP contribution >= 0.6 is 0 Å². The van der Waals surface area contributed by atoms with E-state index < -0.39 is 11.7 Å². The summed E-state index contributed by atoms with van der Waals surface area (Å²) in [5.41, 5.74) is -0.0750. The lowest BCUT2D eigenvalue weighted by Gasteiger charge is -2.47. The third kappa shape index (κ3) is 3.17. The van der Waals surface area contributed by atoms with Crippen LogP contribution in [0.25, 0.3) is 0 Å². The molecule has 0 spiro atoms. The van der Waals surface area contributed by atoms with Gasteiger partial charge in [-0.15, -0.1) is 0 Å². The van der Waals surface area contributed by atoms with Gasteiger partial charge in [-0.25, -0.2) is 9.97 Å². The average Bonchev–Trinajstić information content (AvgIpc) is 2.66. The number of hydrogen-bond acceptors (Lipinski definition) is 5. The molecular weight excluding hydrogens is 359 g/mol. The average molecular weight is 377 g/mol. The number of hydrogen-bond donors (Lipinski definition) is 0. The van der Waals surface area contributed by atoms with Gasteiger partial charge in [0.1, 0.15) is 0 Å². The zero-order chi connectivity index (χ0) is 19.2. The Morgan fingerprint density at radius 3 is 2.33 bits per heavy atom. The van der Waals surface area contributed by atoms with Crippen molar-refractivity contribution in [3.63, 3.8) is 0 Å². The monoisotopic (exact) mass is 377 g/mol. The third-order valence-corrected chi connectivity index (χ3v) is 5.02. The van der Waals surface area contributed by atoms with Gasteiger partial charge in [0.15, 0.2) is 11.6 Å². The topological polar surface area (TPSA) is 52.6 Å². The van der Waals surface area contributed by atoms with Crippen molar-refractivity contribution in [2.24, 2.45) is 0 Å². The molecular formula is C18H18F3N5O. The van der Waals surface area contributed by atoms with Crippen LogP contribution in [0, 0.1) is 0 Å². The van der Waals surface area contributed by atoms with Crippen LogP contribution in [0.5, 0.6) is 0 Å². The quantitative estimate of drug-likeness (QED) is 0.765. The Labute approximate surface area is 154 Å². The number of halogens is 3. The fourth-order valence-electron chi connectivity index (χ4n) is 3.65. The summed E-state index contributed by atoms with van der Waals surface area (Å²) in [6.45, 7) is 3.86. The summed E-state index contributed by atoms with van der Waals surface area (Å²) < 4.78 is 38.6. The highest BCUT2D eigenvalue weighted by atomic mass is 19.4. The number of fused-ring (bicyclic) bond motifs is 3. The van der Waals surface area contributed by atoms with Gasteiger partial charge in [-0.2, -0.15) is 13.2 Å². The molecule has 1 fully saturated rings. The molecule has 3 heterocycles. The molecule has 27 heavy (non-hydrogen) atoms. The number of benzene rings is 1. The van der Waals surface area contributed by atoms with Crippen molar-refractivity contribution in [1.82, 2.24) is 14.9 Å². The van der Waals surface area contributed by atoms with E-state index in [0.717, 1.165) is 12.1 Å². The SMILES string of the molecule is CC(=O)N1CCN2c3nccnc3N(c3ccc(C(F)(F)F)cc3)C[C@H]2C1. The summed E-state index contributed by atoms with van der Waals surface area (Å²) in [7, 11) is 0. The Balaban J connectivity index is 1.69. The number of piperazine rings is 1. The molecule has 0 radical (unpaired) electrons. The van der Waals surface area contributed by atoms with Gasteiger partial charge in [0, 0.05) is 51.2 Å². The summed E-state index contributed by atoms with van der Waals surface area (Å²) in [4.78, 5) is 26.4. The largest absolute Gasteiger partial charge is 0.416 e. The molecule has 1 aromatic heterocycles. The van der Waals surface area contributed by atoms with Crippen LogP contribution in [0.2, 0.25) is 0 Å². The second-order valence-electron chi connectivity index (χ2n) is 6.67. The fourth-order valence-corrected chi connectivity index (χ4v) is 3.65. The minimum absolute atomic E-state index is 0.00542. The van der Waals surface area contributed by atoms with Crippen molar-refractivity contribution in [1.29, 1.82) is 0 Å². The number of anilines is 3. The molecule has 0 unspecified atom stereocenters. The Kier molecular flexibility index (Phi) is 4.16. The second-order valence-corrected chi connectivity index (χ2v) is 6.67. The first-order valence-electron chi connectivity index (χ1n) is 8.62. The summed E-state index contributed by atoms with van der Waals surface area (Å²) in [5.74, 6) is 1.32. The van der Waals surface area contributed by atoms with Crippen molar-refractivity contribution in [2.75, 3.05) is 36.0 Å². The molecule has 0 aliphatic carbocycles. The third-order valence-electron chi connectivity index (χ3n) is 5.02. The van der Waals surface area contributed by atoms with Crippen LogP contribution in [0.15, 0.2) is 36.7 Å². The number of rotatable bonds is 1. The number of nitrogens with zero attached hydrogens (tertiary/aromatic N) is 5. The molecule has 1 atom stereocenters. The molecule has 2 aliphatic rings. The van der Waals surface area contributed by atoms with Crippen molar-refractivity contribution < 1.29 is 18.0 Å². The molecule has 0 bridgehead atoms. The second kappa shape index (κ2) is 6.40. The van der Waals surface area contributed by atoms with E-state index in [9.17, 15) is 18.0 Å². The minimum Gasteiger partial charge on any atom is -0.345 e. The van der Waals surface area contributed by atoms with Gasteiger partial charge in [-0.1, -0.05) is 0 Å². The molecule has 9 heteroatoms. The van der Waals surface area contributed by atoms with Crippen molar-refractivity contribution in [3.8, 4) is 0 Å². The zero-order valence-corrected chi connectivity index (χ0v) is 14.6. The molecule has 1 amide bonds. The first-order valence-corrected chi connectivity index (χ1v) is 8.62. The van der Waals surface area contributed by atoms with Crippen molar-refractivity contribution in [3.05, 3.63) is 42.2 Å². The van der Waals surface area contributed by atoms with E-state index in [-0.39, 0.29) is 11.9 Å². The van der Waals surface area contributed by atoms with Crippen LogP contribution < -0.4 is 9.80 Å². The van der Waals surface area contributed by atoms with Crippen LogP contribution in [0.4, 0.5) is 30.5 Å². The Bertz CT molecular complexity index is 855. The van der Waals surface area contributed by atoms with E-state index in [1.54, 1.807) is 24.2 Å². The maximum Gasteiger partial charge on any atom is 0.416 e. The van der Waals surface area contributed by atoms with E-state index in [4.69, 9.17) is 0 Å². The molecule has 0 saturated carbocycles. The van der Waals surface area contributed by atoms with Crippen LogP contribution in [0.3, 0.4) is 0 Å². The minimum atomic E-state index is -4.37. The lowest BCUT2D eigenvalue weighted by atomic mass is 10.1. The predicted octanol–water partition coefficient (Wildman–Crippen LogP) is 2.68. The van der Waals surface area contributed by atoms with Gasteiger partial charge in [0.05, 0.1) is 11.6 Å². The standard InChI is InChI=1S/C18H18F3N5O/c1-12(27)24-8-9-25-15(10-24)11-26(17-16(25)22-6-7-23-17)14-4-2-13(3-5-14)18(19,20)21/h2-7,15H,8-11H2,1H3/t15-/m1/s1. The van der Waals surface area contributed by atoms with E-state index in [1.807, 2.05) is 4.90 Å². The lowest BCUT2D eigenvalue weighted by molar-refractivity contribution is -0.137. The van der Waals surface area contributed by atoms with Gasteiger partial charge in [0.25, 0.3) is 0 Å². The van der Waals surface area contributed by atoms with Gasteiger partial charge in [-0.3, -0.25) is 4.79 Å². The first-order chi connectivity index (χ1) is 12.8. The van der Waals surface area contributed by atoms with Gasteiger partial charge < -0.3 is 14.7 Å². The Morgan fingerprint density at radius 1 is 1.04 bits per heavy atom. The normalized spacial score (nSPS) is 19.6. The van der Waals surface area contributed by atoms with E-state index >= 15 is 0 Å². The summed E-state index contributed by atoms with van der Waals surface area (Å²) in [6, 6.07) is 5.03. The number of carbonyl (C=O) groups is 1. The summed E-state index contributed by atoms with van der Waals surface area (Å²) in [6.07, 6.45) is -1.20. The van der Waals surface area contributed by atoms with E-state index in [0.29, 0.717) is 43.5 Å². The highest BCUT2D eigenvalue weighted by Crippen LogP contribution is 2.38. The number of amides is 1. The highest BCUT2D eigenvalue weighted by Gasteiger charge is 2.38. The molecule has 4 rings (SSSR count). The molecule has 6 nitrogen and oxygen atoms in total. The molecule has 142 valence electrons. The predicted molar refractivity (Wildman–Crippen MR) is 93.9 cm³/mol. The van der Waals surface area contributed by atoms with Gasteiger partial charge in [0.2, 0.25) is 5.91 Å². The molecule has 0 N–H and O–H groups in total. The summed E-state index contributed by atoms with van der Waals surface area (Å²) >= 11 is 0. The van der Waals surface area contributed by atoms with Crippen LogP contribution in [0.1, 0.15) is 12.5 Å². The van der Waals surface area contributed by atoms with Gasteiger partial charge >= 0.3 is 6.18 Å². The van der Waals surface area contributed by atoms with Gasteiger partial charge in [-0.05, 0) is 24.3 Å². The van der Waals surface area contributed by atoms with Crippen molar-refractivity contribution >= 4 is 23.2 Å². The van der Waals surface area contributed by atoms with E-state index in [2.05, 4.69) is 14.9 Å². The molecule has 2 aliphatic heterocycles. The maximum absolute atomic E-state index is 12.9.